The first-order valence-corrected chi connectivity index (χ1v) is 8.77. The van der Waals surface area contributed by atoms with Gasteiger partial charge in [0.15, 0.2) is 0 Å². The standard InChI is InChI=1S/C8H9Br.C6H6BrNO.C4H6O3/c1-6-3-4-8(9)5-7(6)2;7-4-1-2-6(9)5(8)3-4;1-3(5)7-4(2)6/h3-5H,1-2H3;1-3,9H,8H2;1-2H3. The number of halogens is 2. The van der Waals surface area contributed by atoms with E-state index in [9.17, 15) is 9.59 Å². The van der Waals surface area contributed by atoms with Gasteiger partial charge in [0, 0.05) is 22.8 Å². The van der Waals surface area contributed by atoms with Crippen molar-refractivity contribution in [3.05, 3.63) is 56.5 Å². The maximum absolute atomic E-state index is 9.81. The first kappa shape index (κ1) is 23.1. The molecule has 0 saturated heterocycles. The molecule has 0 unspecified atom stereocenters. The Labute approximate surface area is 164 Å². The Morgan fingerprint density at radius 2 is 1.40 bits per heavy atom. The highest BCUT2D eigenvalue weighted by Crippen LogP contribution is 2.23. The van der Waals surface area contributed by atoms with Crippen molar-refractivity contribution in [1.29, 1.82) is 0 Å². The third-order valence-corrected chi connectivity index (χ3v) is 3.73. The van der Waals surface area contributed by atoms with Crippen LogP contribution in [0.25, 0.3) is 0 Å². The van der Waals surface area contributed by atoms with E-state index < -0.39 is 11.9 Å². The van der Waals surface area contributed by atoms with Crippen LogP contribution >= 0.6 is 31.9 Å². The average Bonchev–Trinajstić information content (AvgIpc) is 2.47. The van der Waals surface area contributed by atoms with Gasteiger partial charge in [0.1, 0.15) is 5.75 Å². The zero-order valence-corrected chi connectivity index (χ0v) is 17.6. The van der Waals surface area contributed by atoms with Crippen LogP contribution in [0.5, 0.6) is 5.75 Å². The number of nitrogen functional groups attached to an aromatic ring is 1. The predicted octanol–water partition coefficient (Wildman–Crippen LogP) is 4.90. The van der Waals surface area contributed by atoms with Crippen LogP contribution in [0.4, 0.5) is 5.69 Å². The van der Waals surface area contributed by atoms with Crippen molar-refractivity contribution in [2.75, 3.05) is 5.73 Å². The Bertz CT molecular complexity index is 672. The zero-order valence-electron chi connectivity index (χ0n) is 14.5. The lowest BCUT2D eigenvalue weighted by atomic mass is 10.1. The molecule has 3 N–H and O–H groups in total. The second kappa shape index (κ2) is 11.7. The number of benzene rings is 2. The van der Waals surface area contributed by atoms with Gasteiger partial charge in [-0.05, 0) is 55.3 Å². The first-order valence-electron chi connectivity index (χ1n) is 7.18. The first-order chi connectivity index (χ1) is 11.5. The Kier molecular flexibility index (Phi) is 10.8. The molecule has 5 nitrogen and oxygen atoms in total. The van der Waals surface area contributed by atoms with Crippen LogP contribution in [-0.4, -0.2) is 17.0 Å². The number of nitrogens with two attached hydrogens (primary N) is 1. The van der Waals surface area contributed by atoms with Crippen molar-refractivity contribution >= 4 is 49.5 Å². The minimum absolute atomic E-state index is 0.123. The lowest BCUT2D eigenvalue weighted by molar-refractivity contribution is -0.156. The highest BCUT2D eigenvalue weighted by Gasteiger charge is 1.94. The minimum Gasteiger partial charge on any atom is -0.506 e. The summed E-state index contributed by atoms with van der Waals surface area (Å²) in [7, 11) is 0. The number of aromatic hydroxyl groups is 1. The fraction of sp³-hybridized carbons (Fsp3) is 0.222. The molecular formula is C18H21Br2NO4. The van der Waals surface area contributed by atoms with Crippen molar-refractivity contribution in [1.82, 2.24) is 0 Å². The maximum Gasteiger partial charge on any atom is 0.310 e. The lowest BCUT2D eigenvalue weighted by Gasteiger charge is -1.97. The van der Waals surface area contributed by atoms with E-state index in [2.05, 4.69) is 68.6 Å². The zero-order chi connectivity index (χ0) is 19.6. The number of ether oxygens (including phenoxy) is 1. The molecule has 0 saturated carbocycles. The van der Waals surface area contributed by atoms with Crippen LogP contribution in [0.1, 0.15) is 25.0 Å². The summed E-state index contributed by atoms with van der Waals surface area (Å²) >= 11 is 6.60. The molecule has 0 atom stereocenters. The molecule has 0 radical (unpaired) electrons. The quantitative estimate of drug-likeness (QED) is 0.245. The van der Waals surface area contributed by atoms with Gasteiger partial charge in [0.05, 0.1) is 5.69 Å². The maximum atomic E-state index is 9.81. The van der Waals surface area contributed by atoms with Gasteiger partial charge in [0.25, 0.3) is 0 Å². The number of hydrogen-bond donors (Lipinski definition) is 2. The van der Waals surface area contributed by atoms with E-state index >= 15 is 0 Å². The van der Waals surface area contributed by atoms with Crippen molar-refractivity contribution in [3.8, 4) is 5.75 Å². The van der Waals surface area contributed by atoms with Crippen LogP contribution in [0.15, 0.2) is 45.3 Å². The van der Waals surface area contributed by atoms with Gasteiger partial charge in [0.2, 0.25) is 0 Å². The van der Waals surface area contributed by atoms with Gasteiger partial charge < -0.3 is 15.6 Å². The molecule has 136 valence electrons. The molecule has 25 heavy (non-hydrogen) atoms. The van der Waals surface area contributed by atoms with Crippen LogP contribution in [0, 0.1) is 13.8 Å². The lowest BCUT2D eigenvalue weighted by Crippen LogP contribution is -2.03. The number of carbonyl (C=O) groups is 2. The van der Waals surface area contributed by atoms with E-state index in [0.29, 0.717) is 5.69 Å². The van der Waals surface area contributed by atoms with Gasteiger partial charge in [-0.1, -0.05) is 37.9 Å². The van der Waals surface area contributed by atoms with Crippen LogP contribution in [0.2, 0.25) is 0 Å². The molecule has 7 heteroatoms. The topological polar surface area (TPSA) is 89.6 Å². The summed E-state index contributed by atoms with van der Waals surface area (Å²) in [6.45, 7) is 6.59. The summed E-state index contributed by atoms with van der Waals surface area (Å²) in [4.78, 5) is 19.6. The number of rotatable bonds is 0. The summed E-state index contributed by atoms with van der Waals surface area (Å²) in [5.41, 5.74) is 8.42. The summed E-state index contributed by atoms with van der Waals surface area (Å²) in [5.74, 6) is -1.00. The number of carbonyl (C=O) groups excluding carboxylic acids is 2. The largest absolute Gasteiger partial charge is 0.506 e. The third kappa shape index (κ3) is 11.3. The minimum atomic E-state index is -0.562. The van der Waals surface area contributed by atoms with E-state index in [0.717, 1.165) is 8.95 Å². The SMILES string of the molecule is CC(=O)OC(C)=O.Cc1ccc(Br)cc1C.Nc1cc(Br)ccc1O. The Morgan fingerprint density at radius 3 is 1.72 bits per heavy atom. The van der Waals surface area contributed by atoms with E-state index in [1.807, 2.05) is 0 Å². The van der Waals surface area contributed by atoms with E-state index in [-0.39, 0.29) is 5.75 Å². The second-order valence-corrected chi connectivity index (χ2v) is 6.85. The fourth-order valence-electron chi connectivity index (χ4n) is 1.43. The number of esters is 2. The monoisotopic (exact) mass is 473 g/mol. The van der Waals surface area contributed by atoms with E-state index in [1.165, 1.54) is 25.0 Å². The van der Waals surface area contributed by atoms with Crippen LogP contribution < -0.4 is 5.73 Å². The normalized spacial score (nSPS) is 9.04. The number of anilines is 1. The molecule has 0 heterocycles. The Balaban J connectivity index is 0.000000350. The molecule has 2 aromatic carbocycles. The molecule has 0 aromatic heterocycles. The highest BCUT2D eigenvalue weighted by molar-refractivity contribution is 9.10. The van der Waals surface area contributed by atoms with E-state index in [4.69, 9.17) is 10.8 Å². The molecule has 0 aliphatic rings. The van der Waals surface area contributed by atoms with Gasteiger partial charge in [-0.15, -0.1) is 0 Å². The molecule has 0 aliphatic heterocycles. The van der Waals surface area contributed by atoms with Crippen molar-refractivity contribution in [2.45, 2.75) is 27.7 Å². The van der Waals surface area contributed by atoms with Gasteiger partial charge in [-0.2, -0.15) is 0 Å². The van der Waals surface area contributed by atoms with Crippen molar-refractivity contribution in [3.63, 3.8) is 0 Å². The average molecular weight is 475 g/mol. The van der Waals surface area contributed by atoms with Crippen LogP contribution in [0.3, 0.4) is 0 Å². The molecule has 0 aliphatic carbocycles. The van der Waals surface area contributed by atoms with Crippen molar-refractivity contribution < 1.29 is 19.4 Å². The third-order valence-electron chi connectivity index (χ3n) is 2.75. The highest BCUT2D eigenvalue weighted by atomic mass is 79.9. The van der Waals surface area contributed by atoms with Gasteiger partial charge >= 0.3 is 11.9 Å². The molecule has 0 fully saturated rings. The molecule has 0 amide bonds. The molecule has 0 spiro atoms. The summed E-state index contributed by atoms with van der Waals surface area (Å²) in [6.07, 6.45) is 0. The molecule has 2 aromatic rings. The summed E-state index contributed by atoms with van der Waals surface area (Å²) in [5, 5.41) is 8.90. The number of phenols is 1. The van der Waals surface area contributed by atoms with Crippen molar-refractivity contribution in [2.24, 2.45) is 0 Å². The molecule has 2 rings (SSSR count). The fourth-order valence-corrected chi connectivity index (χ4v) is 2.29. The number of phenolic OH excluding ortho intramolecular Hbond substituents is 1. The Morgan fingerprint density at radius 1 is 0.920 bits per heavy atom. The van der Waals surface area contributed by atoms with E-state index in [1.54, 1.807) is 18.2 Å². The van der Waals surface area contributed by atoms with Gasteiger partial charge in [-0.3, -0.25) is 9.59 Å². The number of hydrogen-bond acceptors (Lipinski definition) is 5. The molecule has 0 bridgehead atoms. The van der Waals surface area contributed by atoms with Crippen LogP contribution in [-0.2, 0) is 14.3 Å². The Hall–Kier alpha value is -1.86. The second-order valence-electron chi connectivity index (χ2n) is 5.02. The predicted molar refractivity (Wildman–Crippen MR) is 106 cm³/mol. The molecular weight excluding hydrogens is 454 g/mol. The summed E-state index contributed by atoms with van der Waals surface area (Å²) in [6, 6.07) is 11.2. The summed E-state index contributed by atoms with van der Waals surface area (Å²) < 4.78 is 6.00. The van der Waals surface area contributed by atoms with Gasteiger partial charge in [-0.25, -0.2) is 0 Å². The number of aryl methyl sites for hydroxylation is 2. The smallest absolute Gasteiger partial charge is 0.310 e.